The lowest BCUT2D eigenvalue weighted by Gasteiger charge is -2.24. The summed E-state index contributed by atoms with van der Waals surface area (Å²) in [5, 5.41) is 3.00. The number of benzene rings is 2. The van der Waals surface area contributed by atoms with E-state index in [-0.39, 0.29) is 11.8 Å². The Morgan fingerprint density at radius 2 is 2.03 bits per heavy atom. The summed E-state index contributed by atoms with van der Waals surface area (Å²) in [4.78, 5) is 32.9. The van der Waals surface area contributed by atoms with E-state index in [1.54, 1.807) is 47.6 Å². The first-order chi connectivity index (χ1) is 15.1. The molecule has 0 saturated carbocycles. The highest BCUT2D eigenvalue weighted by Crippen LogP contribution is 2.27. The predicted molar refractivity (Wildman–Crippen MR) is 121 cm³/mol. The summed E-state index contributed by atoms with van der Waals surface area (Å²) in [5.74, 6) is 0.375. The third kappa shape index (κ3) is 4.61. The van der Waals surface area contributed by atoms with Crippen molar-refractivity contribution in [3.05, 3.63) is 70.9 Å². The molecule has 1 saturated heterocycles. The molecule has 0 bridgehead atoms. The van der Waals surface area contributed by atoms with Crippen LogP contribution in [0.2, 0.25) is 0 Å². The van der Waals surface area contributed by atoms with Crippen molar-refractivity contribution in [2.24, 2.45) is 0 Å². The van der Waals surface area contributed by atoms with Crippen LogP contribution < -0.4 is 10.1 Å². The molecular weight excluding hydrogens is 410 g/mol. The third-order valence-electron chi connectivity index (χ3n) is 5.56. The fraction of sp³-hybridized carbons (Fsp3) is 0.292. The average Bonchev–Trinajstić information content (AvgIpc) is 3.46. The highest BCUT2D eigenvalue weighted by molar-refractivity contribution is 7.13. The Labute approximate surface area is 185 Å². The van der Waals surface area contributed by atoms with Crippen LogP contribution in [0.3, 0.4) is 0 Å². The van der Waals surface area contributed by atoms with Crippen molar-refractivity contribution in [1.82, 2.24) is 15.2 Å². The van der Waals surface area contributed by atoms with Crippen LogP contribution in [-0.2, 0) is 11.3 Å². The molecule has 2 heterocycles. The highest BCUT2D eigenvalue weighted by Gasteiger charge is 2.34. The van der Waals surface area contributed by atoms with Crippen molar-refractivity contribution in [2.75, 3.05) is 13.7 Å². The molecule has 2 amide bonds. The largest absolute Gasteiger partial charge is 0.497 e. The number of nitrogens with zero attached hydrogens (tertiary/aromatic N) is 2. The summed E-state index contributed by atoms with van der Waals surface area (Å²) in [6.45, 7) is 3.01. The number of methoxy groups -OCH3 is 1. The van der Waals surface area contributed by atoms with Gasteiger partial charge in [-0.25, -0.2) is 4.98 Å². The minimum atomic E-state index is -0.446. The lowest BCUT2D eigenvalue weighted by molar-refractivity contribution is -0.125. The quantitative estimate of drug-likeness (QED) is 0.634. The Balaban J connectivity index is 1.38. The van der Waals surface area contributed by atoms with Crippen LogP contribution in [0.1, 0.15) is 34.5 Å². The Kier molecular flexibility index (Phi) is 6.32. The van der Waals surface area contributed by atoms with E-state index >= 15 is 0 Å². The zero-order chi connectivity index (χ0) is 21.8. The molecule has 0 spiro atoms. The van der Waals surface area contributed by atoms with Crippen LogP contribution in [-0.4, -0.2) is 41.4 Å². The molecule has 1 aliphatic heterocycles. The maximum Gasteiger partial charge on any atom is 0.254 e. The fourth-order valence-corrected chi connectivity index (χ4v) is 4.68. The van der Waals surface area contributed by atoms with E-state index in [1.807, 2.05) is 24.6 Å². The minimum Gasteiger partial charge on any atom is -0.497 e. The number of aromatic nitrogens is 1. The van der Waals surface area contributed by atoms with E-state index in [4.69, 9.17) is 4.74 Å². The fourth-order valence-electron chi connectivity index (χ4n) is 3.86. The van der Waals surface area contributed by atoms with Crippen LogP contribution in [0.25, 0.3) is 10.4 Å². The lowest BCUT2D eigenvalue weighted by Crippen LogP contribution is -2.45. The van der Waals surface area contributed by atoms with Crippen molar-refractivity contribution >= 4 is 23.2 Å². The number of hydrogen-bond acceptors (Lipinski definition) is 5. The van der Waals surface area contributed by atoms with Crippen molar-refractivity contribution in [2.45, 2.75) is 32.4 Å². The number of thiazole rings is 1. The zero-order valence-corrected chi connectivity index (χ0v) is 18.4. The van der Waals surface area contributed by atoms with E-state index < -0.39 is 6.04 Å². The smallest absolute Gasteiger partial charge is 0.254 e. The first-order valence-corrected chi connectivity index (χ1v) is 11.2. The first kappa shape index (κ1) is 21.1. The van der Waals surface area contributed by atoms with Gasteiger partial charge in [0.15, 0.2) is 0 Å². The maximum absolute atomic E-state index is 13.0. The van der Waals surface area contributed by atoms with Gasteiger partial charge < -0.3 is 15.0 Å². The Morgan fingerprint density at radius 3 is 2.74 bits per heavy atom. The third-order valence-corrected chi connectivity index (χ3v) is 6.54. The standard InChI is InChI=1S/C24H25N3O3S/c1-16-22(31-15-26-16)18-10-8-17(9-11-18)14-25-23(28)21-7-4-12-27(21)24(29)19-5-3-6-20(13-19)30-2/h3,5-6,8-11,13,15,21H,4,7,12,14H2,1-2H3,(H,25,28). The number of carbonyl (C=O) groups is 2. The van der Waals surface area contributed by atoms with Crippen molar-refractivity contribution in [3.63, 3.8) is 0 Å². The normalized spacial score (nSPS) is 15.7. The second-order valence-corrected chi connectivity index (χ2v) is 8.42. The monoisotopic (exact) mass is 435 g/mol. The van der Waals surface area contributed by atoms with Gasteiger partial charge in [-0.2, -0.15) is 0 Å². The number of likely N-dealkylation sites (tertiary alicyclic amines) is 1. The molecule has 2 aromatic carbocycles. The molecule has 3 aromatic rings. The molecule has 1 atom stereocenters. The molecular formula is C24H25N3O3S. The van der Waals surface area contributed by atoms with Crippen molar-refractivity contribution in [1.29, 1.82) is 0 Å². The summed E-state index contributed by atoms with van der Waals surface area (Å²) in [5.41, 5.74) is 5.55. The number of nitrogens with one attached hydrogen (secondary N) is 1. The summed E-state index contributed by atoms with van der Waals surface area (Å²) >= 11 is 1.62. The molecule has 1 aromatic heterocycles. The number of ether oxygens (including phenoxy) is 1. The van der Waals surface area contributed by atoms with E-state index in [2.05, 4.69) is 22.4 Å². The topological polar surface area (TPSA) is 71.5 Å². The second kappa shape index (κ2) is 9.31. The molecule has 4 rings (SSSR count). The van der Waals surface area contributed by atoms with E-state index in [9.17, 15) is 9.59 Å². The summed E-state index contributed by atoms with van der Waals surface area (Å²) in [6, 6.07) is 14.7. The molecule has 0 radical (unpaired) electrons. The Morgan fingerprint density at radius 1 is 1.23 bits per heavy atom. The first-order valence-electron chi connectivity index (χ1n) is 10.3. The van der Waals surface area contributed by atoms with Gasteiger partial charge in [-0.05, 0) is 49.1 Å². The molecule has 31 heavy (non-hydrogen) atoms. The van der Waals surface area contributed by atoms with Crippen molar-refractivity contribution < 1.29 is 14.3 Å². The Hall–Kier alpha value is -3.19. The van der Waals surface area contributed by atoms with Gasteiger partial charge in [0.2, 0.25) is 5.91 Å². The molecule has 1 unspecified atom stereocenters. The number of aryl methyl sites for hydroxylation is 1. The molecule has 1 aliphatic rings. The van der Waals surface area contributed by atoms with Gasteiger partial charge in [-0.1, -0.05) is 30.3 Å². The van der Waals surface area contributed by atoms with Gasteiger partial charge in [-0.15, -0.1) is 11.3 Å². The molecule has 160 valence electrons. The van der Waals surface area contributed by atoms with Gasteiger partial charge in [-0.3, -0.25) is 9.59 Å². The van der Waals surface area contributed by atoms with E-state index in [0.717, 1.165) is 28.1 Å². The number of amides is 2. The second-order valence-electron chi connectivity index (χ2n) is 7.57. The zero-order valence-electron chi connectivity index (χ0n) is 17.6. The molecule has 1 N–H and O–H groups in total. The van der Waals surface area contributed by atoms with Gasteiger partial charge in [0.05, 0.1) is 23.2 Å². The maximum atomic E-state index is 13.0. The van der Waals surface area contributed by atoms with Crippen LogP contribution in [0.4, 0.5) is 0 Å². The van der Waals surface area contributed by atoms with E-state index in [0.29, 0.717) is 30.8 Å². The summed E-state index contributed by atoms with van der Waals surface area (Å²) < 4.78 is 5.22. The van der Waals surface area contributed by atoms with Gasteiger partial charge in [0.1, 0.15) is 11.8 Å². The van der Waals surface area contributed by atoms with Crippen LogP contribution >= 0.6 is 11.3 Å². The van der Waals surface area contributed by atoms with Crippen LogP contribution in [0, 0.1) is 6.92 Å². The molecule has 1 fully saturated rings. The van der Waals surface area contributed by atoms with Crippen LogP contribution in [0.5, 0.6) is 5.75 Å². The van der Waals surface area contributed by atoms with Gasteiger partial charge in [0.25, 0.3) is 5.91 Å². The highest BCUT2D eigenvalue weighted by atomic mass is 32.1. The number of hydrogen-bond donors (Lipinski definition) is 1. The average molecular weight is 436 g/mol. The minimum absolute atomic E-state index is 0.115. The van der Waals surface area contributed by atoms with Gasteiger partial charge >= 0.3 is 0 Å². The van der Waals surface area contributed by atoms with Crippen molar-refractivity contribution in [3.8, 4) is 16.2 Å². The SMILES string of the molecule is COc1cccc(C(=O)N2CCCC2C(=O)NCc2ccc(-c3scnc3C)cc2)c1. The lowest BCUT2D eigenvalue weighted by atomic mass is 10.1. The molecule has 7 heteroatoms. The number of carbonyl (C=O) groups excluding carboxylic acids is 2. The summed E-state index contributed by atoms with van der Waals surface area (Å²) in [7, 11) is 1.57. The molecule has 0 aliphatic carbocycles. The molecule has 6 nitrogen and oxygen atoms in total. The number of rotatable bonds is 6. The summed E-state index contributed by atoms with van der Waals surface area (Å²) in [6.07, 6.45) is 1.49. The van der Waals surface area contributed by atoms with Gasteiger partial charge in [0, 0.05) is 18.7 Å². The van der Waals surface area contributed by atoms with E-state index in [1.165, 1.54) is 0 Å². The predicted octanol–water partition coefficient (Wildman–Crippen LogP) is 4.05. The van der Waals surface area contributed by atoms with Crippen LogP contribution in [0.15, 0.2) is 54.0 Å². The Bertz CT molecular complexity index is 1080.